The zero-order valence-electron chi connectivity index (χ0n) is 8.00. The number of benzene rings is 1. The van der Waals surface area contributed by atoms with Gasteiger partial charge in [0.05, 0.1) is 17.2 Å². The van der Waals surface area contributed by atoms with Gasteiger partial charge in [0, 0.05) is 0 Å². The molecule has 0 heterocycles. The lowest BCUT2D eigenvalue weighted by atomic mass is 10.2. The molecule has 1 aliphatic carbocycles. The van der Waals surface area contributed by atoms with Gasteiger partial charge in [0.1, 0.15) is 11.6 Å². The Bertz CT molecular complexity index is 388. The molecule has 0 aliphatic heterocycles. The molecule has 1 aromatic carbocycles. The SMILES string of the molecule is O=Cc1cc(F)cc(Cl)c1OCC1CC1. The first-order chi connectivity index (χ1) is 7.20. The smallest absolute Gasteiger partial charge is 0.153 e. The Morgan fingerprint density at radius 1 is 1.53 bits per heavy atom. The summed E-state index contributed by atoms with van der Waals surface area (Å²) in [6, 6.07) is 2.28. The summed E-state index contributed by atoms with van der Waals surface area (Å²) in [6.45, 7) is 0.548. The third kappa shape index (κ3) is 2.48. The Kier molecular flexibility index (Phi) is 2.91. The number of aldehydes is 1. The van der Waals surface area contributed by atoms with Crippen LogP contribution in [-0.4, -0.2) is 12.9 Å². The van der Waals surface area contributed by atoms with Crippen molar-refractivity contribution in [2.24, 2.45) is 5.92 Å². The third-order valence-corrected chi connectivity index (χ3v) is 2.61. The van der Waals surface area contributed by atoms with Gasteiger partial charge in [0.25, 0.3) is 0 Å². The van der Waals surface area contributed by atoms with E-state index in [1.54, 1.807) is 0 Å². The first-order valence-corrected chi connectivity index (χ1v) is 5.15. The molecule has 1 aromatic rings. The standard InChI is InChI=1S/C11H10ClFO2/c12-10-4-9(13)3-8(5-14)11(10)15-6-7-1-2-7/h3-5,7H,1-2,6H2. The van der Waals surface area contributed by atoms with Gasteiger partial charge in [-0.05, 0) is 30.9 Å². The molecular formula is C11H10ClFO2. The van der Waals surface area contributed by atoms with E-state index in [2.05, 4.69) is 0 Å². The predicted molar refractivity (Wildman–Crippen MR) is 55.0 cm³/mol. The minimum atomic E-state index is -0.527. The first-order valence-electron chi connectivity index (χ1n) is 4.77. The zero-order chi connectivity index (χ0) is 10.8. The number of ether oxygens (including phenoxy) is 1. The molecular weight excluding hydrogens is 219 g/mol. The predicted octanol–water partition coefficient (Wildman–Crippen LogP) is 3.08. The van der Waals surface area contributed by atoms with Crippen molar-refractivity contribution in [1.29, 1.82) is 0 Å². The molecule has 1 aliphatic rings. The fourth-order valence-electron chi connectivity index (χ4n) is 1.31. The van der Waals surface area contributed by atoms with E-state index in [9.17, 15) is 9.18 Å². The summed E-state index contributed by atoms with van der Waals surface area (Å²) in [7, 11) is 0. The van der Waals surface area contributed by atoms with Crippen LogP contribution in [0, 0.1) is 11.7 Å². The molecule has 0 bridgehead atoms. The number of halogens is 2. The van der Waals surface area contributed by atoms with Gasteiger partial charge in [0.15, 0.2) is 6.29 Å². The molecule has 15 heavy (non-hydrogen) atoms. The largest absolute Gasteiger partial charge is 0.491 e. The van der Waals surface area contributed by atoms with Crippen LogP contribution in [0.5, 0.6) is 5.75 Å². The number of hydrogen-bond donors (Lipinski definition) is 0. The van der Waals surface area contributed by atoms with E-state index in [-0.39, 0.29) is 10.6 Å². The lowest BCUT2D eigenvalue weighted by Crippen LogP contribution is -2.02. The van der Waals surface area contributed by atoms with Crippen LogP contribution in [0.4, 0.5) is 4.39 Å². The van der Waals surface area contributed by atoms with E-state index in [0.717, 1.165) is 25.0 Å². The summed E-state index contributed by atoms with van der Waals surface area (Å²) >= 11 is 5.79. The molecule has 2 nitrogen and oxygen atoms in total. The van der Waals surface area contributed by atoms with E-state index in [0.29, 0.717) is 24.6 Å². The maximum Gasteiger partial charge on any atom is 0.153 e. The average molecular weight is 229 g/mol. The van der Waals surface area contributed by atoms with Gasteiger partial charge in [-0.1, -0.05) is 11.6 Å². The third-order valence-electron chi connectivity index (χ3n) is 2.32. The molecule has 0 saturated heterocycles. The van der Waals surface area contributed by atoms with Gasteiger partial charge in [-0.15, -0.1) is 0 Å². The van der Waals surface area contributed by atoms with Gasteiger partial charge in [-0.25, -0.2) is 4.39 Å². The summed E-state index contributed by atoms with van der Waals surface area (Å²) < 4.78 is 18.3. The summed E-state index contributed by atoms with van der Waals surface area (Å²) in [6.07, 6.45) is 2.85. The summed E-state index contributed by atoms with van der Waals surface area (Å²) in [5.74, 6) is 0.325. The minimum absolute atomic E-state index is 0.151. The second-order valence-electron chi connectivity index (χ2n) is 3.68. The lowest BCUT2D eigenvalue weighted by molar-refractivity contribution is 0.111. The van der Waals surface area contributed by atoms with Crippen molar-refractivity contribution in [3.63, 3.8) is 0 Å². The Balaban J connectivity index is 2.21. The van der Waals surface area contributed by atoms with Crippen molar-refractivity contribution in [3.8, 4) is 5.75 Å². The molecule has 0 amide bonds. The maximum atomic E-state index is 12.9. The number of carbonyl (C=O) groups is 1. The molecule has 0 radical (unpaired) electrons. The first kappa shape index (κ1) is 10.4. The Morgan fingerprint density at radius 2 is 2.27 bits per heavy atom. The molecule has 0 atom stereocenters. The molecule has 0 spiro atoms. The quantitative estimate of drug-likeness (QED) is 0.741. The summed E-state index contributed by atoms with van der Waals surface area (Å²) in [5.41, 5.74) is 0.167. The second-order valence-corrected chi connectivity index (χ2v) is 4.09. The van der Waals surface area contributed by atoms with Crippen LogP contribution in [0.1, 0.15) is 23.2 Å². The number of hydrogen-bond acceptors (Lipinski definition) is 2. The van der Waals surface area contributed by atoms with Crippen molar-refractivity contribution in [2.75, 3.05) is 6.61 Å². The van der Waals surface area contributed by atoms with Gasteiger partial charge >= 0.3 is 0 Å². The fraction of sp³-hybridized carbons (Fsp3) is 0.364. The molecule has 2 rings (SSSR count). The molecule has 1 fully saturated rings. The van der Waals surface area contributed by atoms with E-state index in [1.807, 2.05) is 0 Å². The maximum absolute atomic E-state index is 12.9. The van der Waals surface area contributed by atoms with Gasteiger partial charge in [0.2, 0.25) is 0 Å². The van der Waals surface area contributed by atoms with E-state index >= 15 is 0 Å². The van der Waals surface area contributed by atoms with E-state index in [4.69, 9.17) is 16.3 Å². The molecule has 80 valence electrons. The Hall–Kier alpha value is -1.09. The highest BCUT2D eigenvalue weighted by Gasteiger charge is 2.23. The Labute approximate surface area is 92.0 Å². The van der Waals surface area contributed by atoms with Crippen LogP contribution < -0.4 is 4.74 Å². The van der Waals surface area contributed by atoms with E-state index < -0.39 is 5.82 Å². The van der Waals surface area contributed by atoms with Crippen molar-refractivity contribution < 1.29 is 13.9 Å². The van der Waals surface area contributed by atoms with Gasteiger partial charge in [-0.2, -0.15) is 0 Å². The highest BCUT2D eigenvalue weighted by Crippen LogP contribution is 2.33. The van der Waals surface area contributed by atoms with Crippen LogP contribution >= 0.6 is 11.6 Å². The Morgan fingerprint density at radius 3 is 2.87 bits per heavy atom. The van der Waals surface area contributed by atoms with Crippen molar-refractivity contribution >= 4 is 17.9 Å². The molecule has 4 heteroatoms. The highest BCUT2D eigenvalue weighted by atomic mass is 35.5. The molecule has 0 unspecified atom stereocenters. The number of carbonyl (C=O) groups excluding carboxylic acids is 1. The molecule has 0 N–H and O–H groups in total. The monoisotopic (exact) mass is 228 g/mol. The minimum Gasteiger partial charge on any atom is -0.491 e. The van der Waals surface area contributed by atoms with Crippen molar-refractivity contribution in [2.45, 2.75) is 12.8 Å². The van der Waals surface area contributed by atoms with Crippen LogP contribution in [0.25, 0.3) is 0 Å². The normalized spacial score (nSPS) is 15.1. The average Bonchev–Trinajstić information content (AvgIpc) is 2.99. The van der Waals surface area contributed by atoms with Gasteiger partial charge < -0.3 is 4.74 Å². The fourth-order valence-corrected chi connectivity index (χ4v) is 1.57. The van der Waals surface area contributed by atoms with E-state index in [1.165, 1.54) is 0 Å². The summed E-state index contributed by atoms with van der Waals surface area (Å²) in [4.78, 5) is 10.7. The van der Waals surface area contributed by atoms with Crippen LogP contribution in [-0.2, 0) is 0 Å². The van der Waals surface area contributed by atoms with Crippen molar-refractivity contribution in [1.82, 2.24) is 0 Å². The zero-order valence-corrected chi connectivity index (χ0v) is 8.76. The van der Waals surface area contributed by atoms with Crippen LogP contribution in [0.2, 0.25) is 5.02 Å². The van der Waals surface area contributed by atoms with Gasteiger partial charge in [-0.3, -0.25) is 4.79 Å². The molecule has 0 aromatic heterocycles. The highest BCUT2D eigenvalue weighted by molar-refractivity contribution is 6.32. The number of rotatable bonds is 4. The lowest BCUT2D eigenvalue weighted by Gasteiger charge is -2.09. The topological polar surface area (TPSA) is 26.3 Å². The summed E-state index contributed by atoms with van der Waals surface area (Å²) in [5, 5.41) is 0.151. The van der Waals surface area contributed by atoms with Crippen LogP contribution in [0.15, 0.2) is 12.1 Å². The van der Waals surface area contributed by atoms with Crippen molar-refractivity contribution in [3.05, 3.63) is 28.5 Å². The molecule has 1 saturated carbocycles. The second kappa shape index (κ2) is 4.19. The van der Waals surface area contributed by atoms with Crippen LogP contribution in [0.3, 0.4) is 0 Å².